The molecule has 0 aromatic heterocycles. The molecule has 24 heavy (non-hydrogen) atoms. The minimum Gasteiger partial charge on any atom is -0.379 e. The quantitative estimate of drug-likeness (QED) is 0.328. The van der Waals surface area contributed by atoms with E-state index in [2.05, 4.69) is 20.5 Å². The van der Waals surface area contributed by atoms with Crippen molar-refractivity contribution in [3.8, 4) is 0 Å². The van der Waals surface area contributed by atoms with Gasteiger partial charge in [0.2, 0.25) is 0 Å². The van der Waals surface area contributed by atoms with Gasteiger partial charge in [0.05, 0.1) is 24.2 Å². The molecular weight excluding hydrogens is 332 g/mol. The van der Waals surface area contributed by atoms with E-state index in [0.717, 1.165) is 51.6 Å². The Morgan fingerprint density at radius 2 is 2.04 bits per heavy atom. The number of guanidine groups is 1. The molecule has 0 aromatic carbocycles. The Hall–Kier alpha value is -0.900. The maximum Gasteiger partial charge on any atom is 0.191 e. The Labute approximate surface area is 144 Å². The van der Waals surface area contributed by atoms with Crippen LogP contribution in [0.4, 0.5) is 0 Å². The first-order valence-electron chi connectivity index (χ1n) is 8.66. The fourth-order valence-corrected chi connectivity index (χ4v) is 3.98. The highest BCUT2D eigenvalue weighted by Crippen LogP contribution is 2.07. The second kappa shape index (κ2) is 10.2. The van der Waals surface area contributed by atoms with Crippen molar-refractivity contribution in [1.29, 1.82) is 0 Å². The van der Waals surface area contributed by atoms with Gasteiger partial charge in [-0.3, -0.25) is 9.89 Å². The van der Waals surface area contributed by atoms with E-state index in [1.165, 1.54) is 0 Å². The van der Waals surface area contributed by atoms with Crippen molar-refractivity contribution in [1.82, 2.24) is 15.5 Å². The van der Waals surface area contributed by atoms with Crippen LogP contribution in [0.25, 0.3) is 0 Å². The summed E-state index contributed by atoms with van der Waals surface area (Å²) in [6.45, 7) is 5.86. The molecule has 2 rings (SSSR count). The van der Waals surface area contributed by atoms with E-state index < -0.39 is 9.84 Å². The number of hydrogen-bond donors (Lipinski definition) is 2. The van der Waals surface area contributed by atoms with Crippen molar-refractivity contribution in [3.05, 3.63) is 0 Å². The minimum absolute atomic E-state index is 0.260. The molecule has 0 bridgehead atoms. The van der Waals surface area contributed by atoms with Crippen LogP contribution in [0.15, 0.2) is 4.99 Å². The fraction of sp³-hybridized carbons (Fsp3) is 0.933. The lowest BCUT2D eigenvalue weighted by atomic mass is 10.3. The topological polar surface area (TPSA) is 92.3 Å². The summed E-state index contributed by atoms with van der Waals surface area (Å²) in [4.78, 5) is 6.35. The number of sulfone groups is 1. The van der Waals surface area contributed by atoms with Gasteiger partial charge in [0.1, 0.15) is 0 Å². The summed E-state index contributed by atoms with van der Waals surface area (Å²) >= 11 is 0. The number of rotatable bonds is 8. The van der Waals surface area contributed by atoms with Crippen LogP contribution in [0.3, 0.4) is 0 Å². The molecule has 0 aromatic rings. The number of ether oxygens (including phenoxy) is 2. The number of nitrogens with one attached hydrogen (secondary N) is 2. The van der Waals surface area contributed by atoms with E-state index in [-0.39, 0.29) is 17.6 Å². The maximum absolute atomic E-state index is 11.4. The highest BCUT2D eigenvalue weighted by molar-refractivity contribution is 7.91. The first-order valence-corrected chi connectivity index (χ1v) is 10.5. The molecule has 2 saturated heterocycles. The zero-order chi connectivity index (χ0) is 17.3. The van der Waals surface area contributed by atoms with E-state index in [0.29, 0.717) is 19.7 Å². The van der Waals surface area contributed by atoms with Crippen LogP contribution in [-0.2, 0) is 19.3 Å². The van der Waals surface area contributed by atoms with Crippen molar-refractivity contribution in [3.63, 3.8) is 0 Å². The van der Waals surface area contributed by atoms with E-state index in [9.17, 15) is 8.42 Å². The number of nitrogens with zero attached hydrogens (tertiary/aromatic N) is 2. The second-order valence-corrected chi connectivity index (χ2v) is 8.43. The Morgan fingerprint density at radius 1 is 1.29 bits per heavy atom. The van der Waals surface area contributed by atoms with E-state index >= 15 is 0 Å². The van der Waals surface area contributed by atoms with Crippen LogP contribution < -0.4 is 10.6 Å². The average Bonchev–Trinajstić information content (AvgIpc) is 3.07. The summed E-state index contributed by atoms with van der Waals surface area (Å²) in [7, 11) is -1.06. The molecule has 1 atom stereocenters. The molecule has 0 radical (unpaired) electrons. The van der Waals surface area contributed by atoms with Gasteiger partial charge in [-0.15, -0.1) is 0 Å². The van der Waals surface area contributed by atoms with Gasteiger partial charge in [-0.25, -0.2) is 8.42 Å². The highest BCUT2D eigenvalue weighted by atomic mass is 32.2. The zero-order valence-corrected chi connectivity index (χ0v) is 15.3. The largest absolute Gasteiger partial charge is 0.379 e. The molecule has 2 heterocycles. The SMILES string of the molecule is CN=C(NCCCOC1CCOC1)NCCN1CCS(=O)(=O)CC1. The van der Waals surface area contributed by atoms with Gasteiger partial charge in [-0.1, -0.05) is 0 Å². The summed E-state index contributed by atoms with van der Waals surface area (Å²) in [6, 6.07) is 0. The Kier molecular flexibility index (Phi) is 8.23. The third-order valence-electron chi connectivity index (χ3n) is 4.24. The van der Waals surface area contributed by atoms with E-state index in [1.807, 2.05) is 0 Å². The van der Waals surface area contributed by atoms with Gasteiger partial charge in [0, 0.05) is 53.0 Å². The second-order valence-electron chi connectivity index (χ2n) is 6.13. The normalized spacial score (nSPS) is 24.9. The van der Waals surface area contributed by atoms with Crippen molar-refractivity contribution in [2.45, 2.75) is 18.9 Å². The molecule has 2 N–H and O–H groups in total. The molecule has 9 heteroatoms. The smallest absolute Gasteiger partial charge is 0.191 e. The molecule has 2 aliphatic heterocycles. The van der Waals surface area contributed by atoms with Crippen molar-refractivity contribution in [2.75, 3.05) is 71.1 Å². The first-order chi connectivity index (χ1) is 11.6. The zero-order valence-electron chi connectivity index (χ0n) is 14.5. The summed E-state index contributed by atoms with van der Waals surface area (Å²) in [5.74, 6) is 1.31. The Morgan fingerprint density at radius 3 is 2.71 bits per heavy atom. The molecule has 0 aliphatic carbocycles. The van der Waals surface area contributed by atoms with Crippen LogP contribution in [0.1, 0.15) is 12.8 Å². The maximum atomic E-state index is 11.4. The van der Waals surface area contributed by atoms with Crippen molar-refractivity contribution < 1.29 is 17.9 Å². The highest BCUT2D eigenvalue weighted by Gasteiger charge is 2.20. The molecule has 2 aliphatic rings. The number of hydrogen-bond acceptors (Lipinski definition) is 6. The van der Waals surface area contributed by atoms with Crippen LogP contribution in [0.2, 0.25) is 0 Å². The van der Waals surface area contributed by atoms with Gasteiger partial charge < -0.3 is 20.1 Å². The van der Waals surface area contributed by atoms with Crippen LogP contribution in [-0.4, -0.2) is 96.5 Å². The molecule has 140 valence electrons. The lowest BCUT2D eigenvalue weighted by molar-refractivity contribution is 0.0420. The molecule has 0 spiro atoms. The van der Waals surface area contributed by atoms with Gasteiger partial charge >= 0.3 is 0 Å². The van der Waals surface area contributed by atoms with Gasteiger partial charge in [-0.05, 0) is 12.8 Å². The molecule has 0 saturated carbocycles. The van der Waals surface area contributed by atoms with Gasteiger partial charge in [-0.2, -0.15) is 0 Å². The summed E-state index contributed by atoms with van der Waals surface area (Å²) < 4.78 is 33.8. The van der Waals surface area contributed by atoms with Crippen molar-refractivity contribution in [2.24, 2.45) is 4.99 Å². The average molecular weight is 362 g/mol. The van der Waals surface area contributed by atoms with Gasteiger partial charge in [0.25, 0.3) is 0 Å². The van der Waals surface area contributed by atoms with Crippen LogP contribution in [0.5, 0.6) is 0 Å². The predicted octanol–water partition coefficient (Wildman–Crippen LogP) is -0.923. The molecular formula is C15H30N4O4S. The minimum atomic E-state index is -2.80. The number of aliphatic imine (C=N–C) groups is 1. The van der Waals surface area contributed by atoms with E-state index in [4.69, 9.17) is 9.47 Å². The lowest BCUT2D eigenvalue weighted by Gasteiger charge is -2.26. The summed E-state index contributed by atoms with van der Waals surface area (Å²) in [5.41, 5.74) is 0. The Balaban J connectivity index is 1.49. The summed E-state index contributed by atoms with van der Waals surface area (Å²) in [5, 5.41) is 6.52. The molecule has 8 nitrogen and oxygen atoms in total. The van der Waals surface area contributed by atoms with E-state index in [1.54, 1.807) is 7.05 Å². The van der Waals surface area contributed by atoms with Crippen LogP contribution >= 0.6 is 0 Å². The summed E-state index contributed by atoms with van der Waals surface area (Å²) in [6.07, 6.45) is 2.17. The molecule has 0 amide bonds. The van der Waals surface area contributed by atoms with Crippen molar-refractivity contribution >= 4 is 15.8 Å². The third kappa shape index (κ3) is 7.33. The predicted molar refractivity (Wildman–Crippen MR) is 94.3 cm³/mol. The van der Waals surface area contributed by atoms with Crippen LogP contribution in [0, 0.1) is 0 Å². The Bertz CT molecular complexity index is 478. The lowest BCUT2D eigenvalue weighted by Crippen LogP contribution is -2.46. The third-order valence-corrected chi connectivity index (χ3v) is 5.85. The van der Waals surface area contributed by atoms with Gasteiger partial charge in [0.15, 0.2) is 15.8 Å². The molecule has 2 fully saturated rings. The fourth-order valence-electron chi connectivity index (χ4n) is 2.70. The molecule has 1 unspecified atom stereocenters. The first kappa shape index (κ1) is 19.4. The monoisotopic (exact) mass is 362 g/mol. The standard InChI is InChI=1S/C15H30N4O4S/c1-16-15(17-4-2-9-23-14-3-10-22-13-14)18-5-6-19-7-11-24(20,21)12-8-19/h14H,2-13H2,1H3,(H2,16,17,18).